The third-order valence-electron chi connectivity index (χ3n) is 4.06. The standard InChI is InChI=1S/C21H18F2N2O5/c1-28-16-5-2-4-15(18(16)30-21(22)23)19(26)24-12-13-7-9-14(10-8-13)25-20(27)17-6-3-11-29-17/h2-11,21H,12H2,1H3,(H,24,26)(H,25,27). The van der Waals surface area contributed by atoms with Gasteiger partial charge in [0.15, 0.2) is 17.3 Å². The molecule has 7 nitrogen and oxygen atoms in total. The van der Waals surface area contributed by atoms with Gasteiger partial charge >= 0.3 is 6.61 Å². The highest BCUT2D eigenvalue weighted by molar-refractivity contribution is 6.02. The zero-order valence-corrected chi connectivity index (χ0v) is 15.9. The fourth-order valence-corrected chi connectivity index (χ4v) is 2.65. The minimum absolute atomic E-state index is 0.0274. The molecule has 0 bridgehead atoms. The molecule has 0 saturated carbocycles. The van der Waals surface area contributed by atoms with Crippen molar-refractivity contribution >= 4 is 17.5 Å². The molecule has 2 aromatic carbocycles. The second kappa shape index (κ2) is 9.55. The summed E-state index contributed by atoms with van der Waals surface area (Å²) >= 11 is 0. The van der Waals surface area contributed by atoms with E-state index >= 15 is 0 Å². The van der Waals surface area contributed by atoms with Crippen molar-refractivity contribution in [1.82, 2.24) is 5.32 Å². The Kier molecular flexibility index (Phi) is 6.63. The Bertz CT molecular complexity index is 1000. The topological polar surface area (TPSA) is 89.8 Å². The van der Waals surface area contributed by atoms with Gasteiger partial charge in [-0.3, -0.25) is 9.59 Å². The molecule has 3 rings (SSSR count). The van der Waals surface area contributed by atoms with E-state index in [1.54, 1.807) is 36.4 Å². The molecule has 0 aliphatic carbocycles. The van der Waals surface area contributed by atoms with Gasteiger partial charge in [0.1, 0.15) is 0 Å². The minimum Gasteiger partial charge on any atom is -0.493 e. The van der Waals surface area contributed by atoms with Crippen molar-refractivity contribution in [3.05, 3.63) is 77.7 Å². The Morgan fingerprint density at radius 2 is 1.80 bits per heavy atom. The molecule has 1 aromatic heterocycles. The number of amides is 2. The molecular formula is C21H18F2N2O5. The van der Waals surface area contributed by atoms with Crippen LogP contribution in [0.5, 0.6) is 11.5 Å². The van der Waals surface area contributed by atoms with Gasteiger partial charge in [-0.15, -0.1) is 0 Å². The summed E-state index contributed by atoms with van der Waals surface area (Å²) in [7, 11) is 1.29. The monoisotopic (exact) mass is 416 g/mol. The molecule has 30 heavy (non-hydrogen) atoms. The largest absolute Gasteiger partial charge is 0.493 e. The van der Waals surface area contributed by atoms with E-state index in [9.17, 15) is 18.4 Å². The number of carbonyl (C=O) groups is 2. The number of ether oxygens (including phenoxy) is 2. The lowest BCUT2D eigenvalue weighted by Gasteiger charge is -2.14. The lowest BCUT2D eigenvalue weighted by Crippen LogP contribution is -2.24. The summed E-state index contributed by atoms with van der Waals surface area (Å²) in [4.78, 5) is 24.4. The van der Waals surface area contributed by atoms with Crippen molar-refractivity contribution in [2.24, 2.45) is 0 Å². The SMILES string of the molecule is COc1cccc(C(=O)NCc2ccc(NC(=O)c3ccco3)cc2)c1OC(F)F. The lowest BCUT2D eigenvalue weighted by molar-refractivity contribution is -0.0515. The summed E-state index contributed by atoms with van der Waals surface area (Å²) in [6.07, 6.45) is 1.40. The molecule has 2 amide bonds. The van der Waals surface area contributed by atoms with E-state index in [4.69, 9.17) is 9.15 Å². The van der Waals surface area contributed by atoms with Gasteiger partial charge in [0.2, 0.25) is 0 Å². The van der Waals surface area contributed by atoms with E-state index in [1.165, 1.54) is 31.6 Å². The maximum atomic E-state index is 12.7. The van der Waals surface area contributed by atoms with Crippen LogP contribution in [0, 0.1) is 0 Å². The van der Waals surface area contributed by atoms with Gasteiger partial charge in [0.05, 0.1) is 18.9 Å². The maximum Gasteiger partial charge on any atom is 0.387 e. The molecule has 3 aromatic rings. The predicted octanol–water partition coefficient (Wildman–Crippen LogP) is 4.07. The Morgan fingerprint density at radius 1 is 1.03 bits per heavy atom. The number of alkyl halides is 2. The van der Waals surface area contributed by atoms with Crippen LogP contribution in [0.3, 0.4) is 0 Å². The number of methoxy groups -OCH3 is 1. The number of carbonyl (C=O) groups excluding carboxylic acids is 2. The van der Waals surface area contributed by atoms with E-state index < -0.39 is 12.5 Å². The molecule has 0 fully saturated rings. The number of nitrogens with one attached hydrogen (secondary N) is 2. The number of rotatable bonds is 8. The number of hydrogen-bond acceptors (Lipinski definition) is 5. The predicted molar refractivity (Wildman–Crippen MR) is 104 cm³/mol. The first-order valence-electron chi connectivity index (χ1n) is 8.81. The summed E-state index contributed by atoms with van der Waals surface area (Å²) in [6, 6.07) is 14.2. The van der Waals surface area contributed by atoms with E-state index in [2.05, 4.69) is 15.4 Å². The Hall–Kier alpha value is -3.88. The van der Waals surface area contributed by atoms with Gasteiger partial charge in [0.25, 0.3) is 11.8 Å². The third kappa shape index (κ3) is 5.13. The van der Waals surface area contributed by atoms with E-state index in [-0.39, 0.29) is 35.3 Å². The lowest BCUT2D eigenvalue weighted by atomic mass is 10.1. The van der Waals surface area contributed by atoms with Crippen molar-refractivity contribution in [2.75, 3.05) is 12.4 Å². The van der Waals surface area contributed by atoms with Crippen molar-refractivity contribution in [2.45, 2.75) is 13.2 Å². The van der Waals surface area contributed by atoms with Crippen LogP contribution < -0.4 is 20.1 Å². The maximum absolute atomic E-state index is 12.7. The van der Waals surface area contributed by atoms with Crippen LogP contribution in [-0.2, 0) is 6.54 Å². The number of benzene rings is 2. The molecule has 0 aliphatic heterocycles. The van der Waals surface area contributed by atoms with Gasteiger partial charge in [-0.2, -0.15) is 8.78 Å². The molecule has 9 heteroatoms. The van der Waals surface area contributed by atoms with E-state index in [0.717, 1.165) is 5.56 Å². The fourth-order valence-electron chi connectivity index (χ4n) is 2.65. The molecule has 0 atom stereocenters. The van der Waals surface area contributed by atoms with Crippen molar-refractivity contribution < 1.29 is 32.3 Å². The van der Waals surface area contributed by atoms with Crippen molar-refractivity contribution in [3.63, 3.8) is 0 Å². The quantitative estimate of drug-likeness (QED) is 0.578. The number of hydrogen-bond donors (Lipinski definition) is 2. The summed E-state index contributed by atoms with van der Waals surface area (Å²) in [5, 5.41) is 5.32. The van der Waals surface area contributed by atoms with Crippen LogP contribution in [0.25, 0.3) is 0 Å². The summed E-state index contributed by atoms with van der Waals surface area (Å²) < 4.78 is 39.9. The van der Waals surface area contributed by atoms with Crippen LogP contribution in [0.15, 0.2) is 65.3 Å². The van der Waals surface area contributed by atoms with Gasteiger partial charge in [0, 0.05) is 12.2 Å². The van der Waals surface area contributed by atoms with Crippen molar-refractivity contribution in [3.8, 4) is 11.5 Å². The highest BCUT2D eigenvalue weighted by Gasteiger charge is 2.20. The molecule has 0 radical (unpaired) electrons. The Balaban J connectivity index is 1.63. The molecule has 1 heterocycles. The zero-order valence-electron chi connectivity index (χ0n) is 15.9. The van der Waals surface area contributed by atoms with Gasteiger partial charge < -0.3 is 24.5 Å². The van der Waals surface area contributed by atoms with Gasteiger partial charge in [-0.1, -0.05) is 18.2 Å². The number of furan rings is 1. The average Bonchev–Trinajstić information content (AvgIpc) is 3.28. The third-order valence-corrected chi connectivity index (χ3v) is 4.06. The van der Waals surface area contributed by atoms with E-state index in [0.29, 0.717) is 5.69 Å². The van der Waals surface area contributed by atoms with Crippen LogP contribution in [-0.4, -0.2) is 25.5 Å². The summed E-state index contributed by atoms with van der Waals surface area (Å²) in [5.41, 5.74) is 1.21. The molecule has 0 aliphatic rings. The normalized spacial score (nSPS) is 10.5. The minimum atomic E-state index is -3.10. The van der Waals surface area contributed by atoms with E-state index in [1.807, 2.05) is 0 Å². The fraction of sp³-hybridized carbons (Fsp3) is 0.143. The number of para-hydroxylation sites is 1. The highest BCUT2D eigenvalue weighted by atomic mass is 19.3. The van der Waals surface area contributed by atoms with Gasteiger partial charge in [-0.25, -0.2) is 0 Å². The Labute approximate surface area is 170 Å². The summed E-state index contributed by atoms with van der Waals surface area (Å²) in [6.45, 7) is -2.96. The van der Waals surface area contributed by atoms with Crippen LogP contribution in [0.2, 0.25) is 0 Å². The molecule has 156 valence electrons. The van der Waals surface area contributed by atoms with Gasteiger partial charge in [-0.05, 0) is 42.0 Å². The smallest absolute Gasteiger partial charge is 0.387 e. The zero-order chi connectivity index (χ0) is 21.5. The van der Waals surface area contributed by atoms with Crippen LogP contribution >= 0.6 is 0 Å². The molecule has 2 N–H and O–H groups in total. The molecule has 0 spiro atoms. The molecule has 0 unspecified atom stereocenters. The first-order valence-corrected chi connectivity index (χ1v) is 8.81. The average molecular weight is 416 g/mol. The Morgan fingerprint density at radius 3 is 2.43 bits per heavy atom. The first-order chi connectivity index (χ1) is 14.5. The van der Waals surface area contributed by atoms with Crippen LogP contribution in [0.4, 0.5) is 14.5 Å². The second-order valence-electron chi connectivity index (χ2n) is 6.03. The number of anilines is 1. The molecule has 0 saturated heterocycles. The number of halogens is 2. The molecular weight excluding hydrogens is 398 g/mol. The highest BCUT2D eigenvalue weighted by Crippen LogP contribution is 2.32. The second-order valence-corrected chi connectivity index (χ2v) is 6.03. The van der Waals surface area contributed by atoms with Crippen LogP contribution in [0.1, 0.15) is 26.5 Å². The first kappa shape index (κ1) is 20.8. The van der Waals surface area contributed by atoms with Crippen molar-refractivity contribution in [1.29, 1.82) is 0 Å². The summed E-state index contributed by atoms with van der Waals surface area (Å²) in [5.74, 6) is -1.10.